The van der Waals surface area contributed by atoms with E-state index in [9.17, 15) is 24.3 Å². The van der Waals surface area contributed by atoms with Crippen molar-refractivity contribution in [2.24, 2.45) is 0 Å². The van der Waals surface area contributed by atoms with Gasteiger partial charge in [0.2, 0.25) is 5.91 Å². The molecular weight excluding hydrogens is 686 g/mol. The van der Waals surface area contributed by atoms with Gasteiger partial charge in [0.05, 0.1) is 24.9 Å². The van der Waals surface area contributed by atoms with Gasteiger partial charge in [-0.25, -0.2) is 9.78 Å². The maximum absolute atomic E-state index is 13.0. The number of fused-ring (bicyclic) bond motifs is 8. The van der Waals surface area contributed by atoms with E-state index in [4.69, 9.17) is 19.8 Å². The summed E-state index contributed by atoms with van der Waals surface area (Å²) in [6.45, 7) is 16.3. The summed E-state index contributed by atoms with van der Waals surface area (Å²) in [6, 6.07) is 6.52. The minimum absolute atomic E-state index is 0.0219. The molecule has 0 saturated carbocycles. The molecule has 5 heterocycles. The summed E-state index contributed by atoms with van der Waals surface area (Å²) in [5, 5.41) is 21.0. The van der Waals surface area contributed by atoms with Gasteiger partial charge in [-0.05, 0) is 86.6 Å². The lowest BCUT2D eigenvalue weighted by molar-refractivity contribution is -0.147. The number of aromatic amines is 2. The van der Waals surface area contributed by atoms with Gasteiger partial charge in [-0.15, -0.1) is 0 Å². The smallest absolute Gasteiger partial charge is 0.326 e. The first-order valence-electron chi connectivity index (χ1n) is 18.3. The fraction of sp³-hybridized carbons (Fsp3) is 0.381. The Morgan fingerprint density at radius 2 is 1.52 bits per heavy atom. The molecule has 2 aliphatic rings. The van der Waals surface area contributed by atoms with Gasteiger partial charge in [0, 0.05) is 69.3 Å². The molecule has 8 bridgehead atoms. The maximum atomic E-state index is 13.0. The summed E-state index contributed by atoms with van der Waals surface area (Å²) in [4.78, 5) is 65.9. The Bertz CT molecular complexity index is 2210. The van der Waals surface area contributed by atoms with Gasteiger partial charge in [0.1, 0.15) is 6.04 Å². The third-order valence-corrected chi connectivity index (χ3v) is 10.6. The molecule has 12 nitrogen and oxygen atoms in total. The average molecular weight is 736 g/mol. The van der Waals surface area contributed by atoms with Crippen LogP contribution in [0.4, 0.5) is 0 Å². The molecular formula is C42H49N5O7. The molecule has 0 spiro atoms. The van der Waals surface area contributed by atoms with Crippen molar-refractivity contribution in [2.75, 3.05) is 7.11 Å². The fourth-order valence-electron chi connectivity index (χ4n) is 7.51. The van der Waals surface area contributed by atoms with Crippen LogP contribution in [0.25, 0.3) is 39.3 Å². The second-order valence-corrected chi connectivity index (χ2v) is 13.9. The summed E-state index contributed by atoms with van der Waals surface area (Å²) in [5.41, 5.74) is 11.9. The molecule has 0 fully saturated rings. The number of carboxylic acid groups (broad SMARTS) is 2. The van der Waals surface area contributed by atoms with E-state index in [0.717, 1.165) is 91.8 Å². The highest BCUT2D eigenvalue weighted by atomic mass is 16.5. The van der Waals surface area contributed by atoms with Crippen molar-refractivity contribution in [3.63, 3.8) is 0 Å². The Balaban J connectivity index is 1.79. The Hall–Kier alpha value is -5.78. The third-order valence-electron chi connectivity index (χ3n) is 10.6. The largest absolute Gasteiger partial charge is 0.481 e. The number of nitrogens with one attached hydrogen (secondary N) is 3. The highest BCUT2D eigenvalue weighted by molar-refractivity contribution is 5.97. The van der Waals surface area contributed by atoms with E-state index >= 15 is 0 Å². The van der Waals surface area contributed by atoms with Crippen molar-refractivity contribution >= 4 is 63.1 Å². The van der Waals surface area contributed by atoms with Crippen molar-refractivity contribution in [3.8, 4) is 0 Å². The molecule has 5 N–H and O–H groups in total. The fourth-order valence-corrected chi connectivity index (χ4v) is 7.51. The minimum Gasteiger partial charge on any atom is -0.481 e. The van der Waals surface area contributed by atoms with Crippen LogP contribution in [0.5, 0.6) is 0 Å². The van der Waals surface area contributed by atoms with Crippen LogP contribution in [0, 0.1) is 13.8 Å². The van der Waals surface area contributed by atoms with E-state index in [2.05, 4.69) is 48.4 Å². The molecule has 0 saturated heterocycles. The number of H-pyrrole nitrogens is 2. The molecule has 12 heteroatoms. The zero-order valence-corrected chi connectivity index (χ0v) is 31.6. The van der Waals surface area contributed by atoms with Crippen LogP contribution in [-0.4, -0.2) is 67.1 Å². The van der Waals surface area contributed by atoms with E-state index in [1.54, 1.807) is 6.08 Å². The summed E-state index contributed by atoms with van der Waals surface area (Å²) in [6.07, 6.45) is 6.59. The first-order valence-corrected chi connectivity index (χ1v) is 18.3. The van der Waals surface area contributed by atoms with Gasteiger partial charge in [-0.1, -0.05) is 45.1 Å². The van der Waals surface area contributed by atoms with E-state index in [0.29, 0.717) is 12.1 Å². The molecule has 2 aliphatic heterocycles. The van der Waals surface area contributed by atoms with Crippen molar-refractivity contribution in [1.82, 2.24) is 25.3 Å². The van der Waals surface area contributed by atoms with Crippen molar-refractivity contribution < 1.29 is 34.1 Å². The SMILES string of the molecule is C=CC1=C(C)c2cc3[nH]c(cc4nc(cc5[nH]c(cc1n2)c(C)c5CCC(=O)N[C@@H](CC(=O)O)C(=O)O)C(CCC(=O)OC)C4CCCC)c(C)c3C=C. The molecule has 2 unspecified atom stereocenters. The number of methoxy groups -OCH3 is 1. The number of unbranched alkanes of at least 4 members (excludes halogenated alkanes) is 1. The number of hydrogen-bond donors (Lipinski definition) is 5. The normalized spacial score (nSPS) is 15.8. The number of allylic oxidation sites excluding steroid dienone is 3. The van der Waals surface area contributed by atoms with Crippen molar-refractivity contribution in [1.29, 1.82) is 0 Å². The highest BCUT2D eigenvalue weighted by Gasteiger charge is 2.33. The zero-order chi connectivity index (χ0) is 39.3. The summed E-state index contributed by atoms with van der Waals surface area (Å²) in [7, 11) is 1.39. The molecule has 284 valence electrons. The number of rotatable bonds is 15. The molecule has 5 rings (SSSR count). The predicted molar refractivity (Wildman–Crippen MR) is 210 cm³/mol. The van der Waals surface area contributed by atoms with Gasteiger partial charge in [-0.2, -0.15) is 0 Å². The summed E-state index contributed by atoms with van der Waals surface area (Å²) >= 11 is 0. The summed E-state index contributed by atoms with van der Waals surface area (Å²) < 4.78 is 5.03. The highest BCUT2D eigenvalue weighted by Crippen LogP contribution is 2.44. The number of aliphatic carboxylic acids is 2. The van der Waals surface area contributed by atoms with Crippen LogP contribution in [0.15, 0.2) is 43.5 Å². The van der Waals surface area contributed by atoms with E-state index in [1.807, 2.05) is 38.1 Å². The van der Waals surface area contributed by atoms with Gasteiger partial charge in [-0.3, -0.25) is 19.4 Å². The zero-order valence-electron chi connectivity index (χ0n) is 31.6. The second kappa shape index (κ2) is 16.9. The predicted octanol–water partition coefficient (Wildman–Crippen LogP) is 7.68. The number of amides is 1. The molecule has 1 amide bonds. The number of carbonyl (C=O) groups excluding carboxylic acids is 2. The first-order chi connectivity index (χ1) is 25.8. The number of carboxylic acids is 2. The molecule has 3 aromatic rings. The van der Waals surface area contributed by atoms with Crippen LogP contribution in [0.3, 0.4) is 0 Å². The Morgan fingerprint density at radius 1 is 0.870 bits per heavy atom. The minimum atomic E-state index is -1.55. The Morgan fingerprint density at radius 3 is 2.15 bits per heavy atom. The van der Waals surface area contributed by atoms with E-state index < -0.39 is 30.3 Å². The molecule has 3 atom stereocenters. The lowest BCUT2D eigenvalue weighted by Crippen LogP contribution is -2.42. The number of ether oxygens (including phenoxy) is 1. The van der Waals surface area contributed by atoms with Crippen LogP contribution in [0.2, 0.25) is 0 Å². The van der Waals surface area contributed by atoms with Crippen LogP contribution >= 0.6 is 0 Å². The third kappa shape index (κ3) is 8.38. The molecule has 0 radical (unpaired) electrons. The first kappa shape index (κ1) is 39.4. The summed E-state index contributed by atoms with van der Waals surface area (Å²) in [5.74, 6) is -3.72. The van der Waals surface area contributed by atoms with Crippen molar-refractivity contribution in [3.05, 3.63) is 88.5 Å². The Kier molecular flexibility index (Phi) is 12.4. The standard InChI is InChI=1S/C42H49N5O7/c1-8-11-12-28-29(14-16-41(51)54-7)37-20-35-27(13-15-39(48)47-38(42(52)53)21-40(49)50)24(6)32(45-35)18-34-25(9-2)22(4)30(43-34)17-33-26(10-3)23(5)31(44-33)19-36(28)46-37/h9-10,17-20,28-29,38,44-45H,2-3,8,11-16,21H2,1,4-7H3,(H,47,48)(H,49,50)(H,52,53)/t28?,29?,38-/m0/s1. The molecule has 0 aliphatic carbocycles. The number of aryl methyl sites for hydroxylation is 3. The lowest BCUT2D eigenvalue weighted by Gasteiger charge is -2.19. The number of aromatic nitrogens is 4. The number of esters is 1. The van der Waals surface area contributed by atoms with Gasteiger partial charge in [0.25, 0.3) is 0 Å². The van der Waals surface area contributed by atoms with E-state index in [-0.39, 0.29) is 37.1 Å². The monoisotopic (exact) mass is 735 g/mol. The van der Waals surface area contributed by atoms with Gasteiger partial charge < -0.3 is 30.2 Å². The number of nitrogens with zero attached hydrogens (tertiary/aromatic N) is 2. The molecule has 3 aromatic heterocycles. The second-order valence-electron chi connectivity index (χ2n) is 13.9. The maximum Gasteiger partial charge on any atom is 0.326 e. The van der Waals surface area contributed by atoms with Gasteiger partial charge in [0.15, 0.2) is 0 Å². The molecule has 54 heavy (non-hydrogen) atoms. The topological polar surface area (TPSA) is 187 Å². The van der Waals surface area contributed by atoms with E-state index in [1.165, 1.54) is 7.11 Å². The Labute approximate surface area is 314 Å². The quantitative estimate of drug-likeness (QED) is 0.0976. The number of hydrogen-bond acceptors (Lipinski definition) is 7. The van der Waals surface area contributed by atoms with Gasteiger partial charge >= 0.3 is 17.9 Å². The lowest BCUT2D eigenvalue weighted by atomic mass is 9.82. The van der Waals surface area contributed by atoms with Crippen LogP contribution in [-0.2, 0) is 30.3 Å². The van der Waals surface area contributed by atoms with Crippen LogP contribution in [0.1, 0.15) is 116 Å². The molecule has 0 aromatic carbocycles. The van der Waals surface area contributed by atoms with Crippen LogP contribution < -0.4 is 5.32 Å². The average Bonchev–Trinajstić information content (AvgIpc) is 3.80. The van der Waals surface area contributed by atoms with Crippen molar-refractivity contribution in [2.45, 2.75) is 96.9 Å². The number of carbonyl (C=O) groups is 4.